The summed E-state index contributed by atoms with van der Waals surface area (Å²) < 4.78 is 41.9. The van der Waals surface area contributed by atoms with Gasteiger partial charge in [-0.2, -0.15) is 8.42 Å². The molecule has 3 aromatic carbocycles. The van der Waals surface area contributed by atoms with E-state index in [-0.39, 0.29) is 45.4 Å². The molecule has 0 radical (unpaired) electrons. The molecule has 0 unspecified atom stereocenters. The van der Waals surface area contributed by atoms with Crippen molar-refractivity contribution in [3.8, 4) is 17.2 Å². The van der Waals surface area contributed by atoms with Crippen LogP contribution in [-0.4, -0.2) is 50.6 Å². The van der Waals surface area contributed by atoms with Crippen molar-refractivity contribution in [1.29, 1.82) is 0 Å². The Morgan fingerprint density at radius 2 is 1.73 bits per heavy atom. The molecule has 3 aromatic rings. The van der Waals surface area contributed by atoms with E-state index in [0.29, 0.717) is 22.0 Å². The Balaban J connectivity index is 1.49. The number of carbonyl (C=O) groups is 3. The molecule has 1 heterocycles. The van der Waals surface area contributed by atoms with Gasteiger partial charge in [-0.1, -0.05) is 35.3 Å². The maximum absolute atomic E-state index is 12.9. The Kier molecular flexibility index (Phi) is 9.49. The van der Waals surface area contributed by atoms with Gasteiger partial charge in [-0.25, -0.2) is 0 Å². The maximum atomic E-state index is 12.9. The van der Waals surface area contributed by atoms with Crippen LogP contribution < -0.4 is 19.0 Å². The largest absolute Gasteiger partial charge is 0.493 e. The summed E-state index contributed by atoms with van der Waals surface area (Å²) in [6, 6.07) is 15.0. The Morgan fingerprint density at radius 1 is 1.02 bits per heavy atom. The molecule has 1 aliphatic heterocycles. The highest BCUT2D eigenvalue weighted by Crippen LogP contribution is 2.40. The van der Waals surface area contributed by atoms with E-state index in [0.717, 1.165) is 16.7 Å². The molecular weight excluding hydrogens is 615 g/mol. The number of amides is 3. The third-order valence-electron chi connectivity index (χ3n) is 5.49. The van der Waals surface area contributed by atoms with E-state index in [1.807, 2.05) is 0 Å². The molecule has 14 heteroatoms. The molecule has 10 nitrogen and oxygen atoms in total. The van der Waals surface area contributed by atoms with Gasteiger partial charge in [0.25, 0.3) is 11.1 Å². The molecule has 41 heavy (non-hydrogen) atoms. The summed E-state index contributed by atoms with van der Waals surface area (Å²) in [6.07, 6.45) is 1.44. The molecule has 1 N–H and O–H groups in total. The lowest BCUT2D eigenvalue weighted by atomic mass is 10.2. The number of ether oxygens (including phenoxy) is 2. The monoisotopic (exact) mass is 636 g/mol. The predicted octanol–water partition coefficient (Wildman–Crippen LogP) is 5.84. The molecule has 0 spiro atoms. The van der Waals surface area contributed by atoms with E-state index in [9.17, 15) is 22.8 Å². The zero-order chi connectivity index (χ0) is 29.7. The average Bonchev–Trinajstić information content (AvgIpc) is 3.18. The zero-order valence-electron chi connectivity index (χ0n) is 21.6. The van der Waals surface area contributed by atoms with Gasteiger partial charge in [-0.05, 0) is 71.9 Å². The van der Waals surface area contributed by atoms with Crippen molar-refractivity contribution in [2.75, 3.05) is 25.6 Å². The van der Waals surface area contributed by atoms with Crippen LogP contribution in [0.1, 0.15) is 12.5 Å². The van der Waals surface area contributed by atoms with Gasteiger partial charge < -0.3 is 19.0 Å². The van der Waals surface area contributed by atoms with Crippen LogP contribution in [0.5, 0.6) is 17.2 Å². The van der Waals surface area contributed by atoms with Crippen molar-refractivity contribution in [2.45, 2.75) is 11.8 Å². The minimum Gasteiger partial charge on any atom is -0.493 e. The first-order valence-corrected chi connectivity index (χ1v) is 14.8. The van der Waals surface area contributed by atoms with E-state index in [2.05, 4.69) is 5.32 Å². The number of nitrogens with zero attached hydrogens (tertiary/aromatic N) is 1. The van der Waals surface area contributed by atoms with Crippen molar-refractivity contribution in [3.05, 3.63) is 81.2 Å². The fourth-order valence-electron chi connectivity index (χ4n) is 3.62. The lowest BCUT2D eigenvalue weighted by molar-refractivity contribution is -0.123. The van der Waals surface area contributed by atoms with Crippen LogP contribution in [0.4, 0.5) is 10.5 Å². The second kappa shape index (κ2) is 12.9. The van der Waals surface area contributed by atoms with Gasteiger partial charge >= 0.3 is 10.1 Å². The molecule has 0 saturated carbocycles. The number of thioether (sulfide) groups is 1. The van der Waals surface area contributed by atoms with Gasteiger partial charge in [-0.15, -0.1) is 0 Å². The number of nitrogens with one attached hydrogen (secondary N) is 1. The van der Waals surface area contributed by atoms with Crippen LogP contribution >= 0.6 is 35.0 Å². The lowest BCUT2D eigenvalue weighted by Gasteiger charge is -2.14. The van der Waals surface area contributed by atoms with E-state index < -0.39 is 21.3 Å². The highest BCUT2D eigenvalue weighted by Gasteiger charge is 2.35. The van der Waals surface area contributed by atoms with Crippen LogP contribution in [0.3, 0.4) is 0 Å². The molecule has 1 saturated heterocycles. The van der Waals surface area contributed by atoms with Crippen LogP contribution in [0.2, 0.25) is 10.0 Å². The van der Waals surface area contributed by atoms with Crippen LogP contribution in [0, 0.1) is 0 Å². The van der Waals surface area contributed by atoms with Crippen molar-refractivity contribution in [2.24, 2.45) is 0 Å². The Bertz CT molecular complexity index is 1640. The first-order valence-electron chi connectivity index (χ1n) is 11.8. The lowest BCUT2D eigenvalue weighted by Crippen LogP contribution is -2.32. The number of carbonyl (C=O) groups excluding carboxylic acids is 3. The molecule has 0 bridgehead atoms. The molecule has 4 rings (SSSR count). The minimum atomic E-state index is -4.33. The molecular formula is C27H22Cl2N2O8S2. The fraction of sp³-hybridized carbons (Fsp3) is 0.148. The summed E-state index contributed by atoms with van der Waals surface area (Å²) in [5.74, 6) is -0.675. The third kappa shape index (κ3) is 7.33. The van der Waals surface area contributed by atoms with Crippen molar-refractivity contribution >= 4 is 73.9 Å². The van der Waals surface area contributed by atoms with E-state index in [1.54, 1.807) is 24.3 Å². The number of anilines is 1. The molecule has 0 atom stereocenters. The summed E-state index contributed by atoms with van der Waals surface area (Å²) in [4.78, 5) is 37.6. The molecule has 214 valence electrons. The summed E-state index contributed by atoms with van der Waals surface area (Å²) in [6.45, 7) is 1.38. The second-order valence-electron chi connectivity index (χ2n) is 8.39. The van der Waals surface area contributed by atoms with Gasteiger partial charge in [0.15, 0.2) is 5.75 Å². The SMILES string of the molecule is COc1cc(/C=C2\SC(=O)N(CCOc3ccccc3Cl)C2=O)cc(Cl)c1OS(=O)(=O)c1ccc(NC(C)=O)cc1. The molecule has 0 aliphatic carbocycles. The Labute approximate surface area is 250 Å². The highest BCUT2D eigenvalue weighted by molar-refractivity contribution is 8.18. The van der Waals surface area contributed by atoms with Crippen molar-refractivity contribution in [3.63, 3.8) is 0 Å². The van der Waals surface area contributed by atoms with Gasteiger partial charge in [0, 0.05) is 12.6 Å². The number of benzene rings is 3. The fourth-order valence-corrected chi connectivity index (χ4v) is 5.94. The number of imide groups is 1. The molecule has 0 aromatic heterocycles. The molecule has 1 fully saturated rings. The normalized spacial score (nSPS) is 14.3. The van der Waals surface area contributed by atoms with Crippen molar-refractivity contribution in [1.82, 2.24) is 4.90 Å². The number of hydrogen-bond acceptors (Lipinski definition) is 9. The third-order valence-corrected chi connectivity index (χ3v) is 8.22. The first kappa shape index (κ1) is 30.3. The summed E-state index contributed by atoms with van der Waals surface area (Å²) in [5, 5.41) is 2.37. The van der Waals surface area contributed by atoms with Crippen LogP contribution in [0.25, 0.3) is 6.08 Å². The highest BCUT2D eigenvalue weighted by atomic mass is 35.5. The standard InChI is InChI=1S/C27H22Cl2N2O8S2/c1-16(32)30-18-7-9-19(10-8-18)41(35,36)39-25-21(29)13-17(14-23(25)37-2)15-24-26(33)31(27(34)40-24)11-12-38-22-6-4-3-5-20(22)28/h3-10,13-15H,11-12H2,1-2H3,(H,30,32)/b24-15-. The topological polar surface area (TPSA) is 128 Å². The second-order valence-corrected chi connectivity index (χ2v) is 11.7. The summed E-state index contributed by atoms with van der Waals surface area (Å²) in [5.41, 5.74) is 0.781. The van der Waals surface area contributed by atoms with Gasteiger partial charge in [0.05, 0.1) is 28.6 Å². The molecule has 1 aliphatic rings. The smallest absolute Gasteiger partial charge is 0.339 e. The van der Waals surface area contributed by atoms with E-state index in [4.69, 9.17) is 36.9 Å². The van der Waals surface area contributed by atoms with Gasteiger partial charge in [-0.3, -0.25) is 19.3 Å². The quantitative estimate of drug-likeness (QED) is 0.215. The van der Waals surface area contributed by atoms with Gasteiger partial charge in [0.2, 0.25) is 11.7 Å². The first-order chi connectivity index (χ1) is 19.5. The summed E-state index contributed by atoms with van der Waals surface area (Å²) in [7, 11) is -3.03. The average molecular weight is 638 g/mol. The van der Waals surface area contributed by atoms with Gasteiger partial charge in [0.1, 0.15) is 17.3 Å². The molecule has 3 amide bonds. The predicted molar refractivity (Wildman–Crippen MR) is 156 cm³/mol. The van der Waals surface area contributed by atoms with E-state index in [1.165, 1.54) is 56.5 Å². The number of methoxy groups -OCH3 is 1. The summed E-state index contributed by atoms with van der Waals surface area (Å²) >= 11 is 13.2. The number of rotatable bonds is 10. The Hall–Kier alpha value is -3.71. The van der Waals surface area contributed by atoms with Crippen molar-refractivity contribution < 1.29 is 36.5 Å². The van der Waals surface area contributed by atoms with E-state index >= 15 is 0 Å². The maximum Gasteiger partial charge on any atom is 0.339 e. The Morgan fingerprint density at radius 3 is 2.39 bits per heavy atom. The minimum absolute atomic E-state index is 0.00768. The van der Waals surface area contributed by atoms with Crippen LogP contribution in [0.15, 0.2) is 70.5 Å². The number of hydrogen-bond donors (Lipinski definition) is 1. The van der Waals surface area contributed by atoms with Crippen LogP contribution in [-0.2, 0) is 19.7 Å². The number of para-hydroxylation sites is 1. The number of halogens is 2. The zero-order valence-corrected chi connectivity index (χ0v) is 24.7.